The van der Waals surface area contributed by atoms with Crippen molar-refractivity contribution in [1.29, 1.82) is 0 Å². The van der Waals surface area contributed by atoms with Crippen molar-refractivity contribution in [1.82, 2.24) is 0 Å². The van der Waals surface area contributed by atoms with Gasteiger partial charge in [0, 0.05) is 35.6 Å². The van der Waals surface area contributed by atoms with Crippen LogP contribution < -0.4 is 0 Å². The third-order valence-electron chi connectivity index (χ3n) is 2.59. The van der Waals surface area contributed by atoms with Crippen molar-refractivity contribution in [2.45, 2.75) is 11.5 Å². The SMILES string of the molecule is O=S(=O)([O-])OSCc1ccc(O)cc1.O=S(=O)([O-])OSCc1ccc(O)cc1.[Ca+2]. The Morgan fingerprint density at radius 2 is 0.966 bits per heavy atom. The number of rotatable bonds is 8. The molecule has 0 heterocycles. The Kier molecular flexibility index (Phi) is 13.8. The van der Waals surface area contributed by atoms with E-state index in [0.717, 1.165) is 11.1 Å². The van der Waals surface area contributed by atoms with Crippen molar-refractivity contribution < 1.29 is 43.4 Å². The summed E-state index contributed by atoms with van der Waals surface area (Å²) in [6, 6.07) is 12.2. The molecule has 10 nitrogen and oxygen atoms in total. The topological polar surface area (TPSA) is 173 Å². The van der Waals surface area contributed by atoms with Crippen LogP contribution in [-0.4, -0.2) is 73.9 Å². The van der Waals surface area contributed by atoms with Crippen LogP contribution in [0.25, 0.3) is 0 Å². The first-order valence-corrected chi connectivity index (χ1v) is 11.5. The molecule has 2 rings (SSSR count). The molecule has 2 aromatic carbocycles. The summed E-state index contributed by atoms with van der Waals surface area (Å²) in [5.41, 5.74) is 1.49. The Balaban J connectivity index is 0.000000523. The largest absolute Gasteiger partial charge is 2.00 e. The van der Waals surface area contributed by atoms with Gasteiger partial charge >= 0.3 is 37.7 Å². The fourth-order valence-electron chi connectivity index (χ4n) is 1.49. The Labute approximate surface area is 206 Å². The van der Waals surface area contributed by atoms with E-state index >= 15 is 0 Å². The zero-order valence-electron chi connectivity index (χ0n) is 14.5. The molecular formula is C14H14CaO10S4. The van der Waals surface area contributed by atoms with E-state index in [1.165, 1.54) is 24.3 Å². The molecule has 0 radical (unpaired) electrons. The zero-order chi connectivity index (χ0) is 21.2. The molecule has 0 spiro atoms. The van der Waals surface area contributed by atoms with Gasteiger partial charge in [0.05, 0.1) is 0 Å². The minimum absolute atomic E-state index is 0. The normalized spacial score (nSPS) is 11.1. The molecule has 2 aromatic rings. The molecule has 0 unspecified atom stereocenters. The van der Waals surface area contributed by atoms with Gasteiger partial charge in [0.25, 0.3) is 0 Å². The van der Waals surface area contributed by atoms with Crippen LogP contribution in [-0.2, 0) is 39.6 Å². The second kappa shape index (κ2) is 13.9. The Bertz CT molecular complexity index is 852. The summed E-state index contributed by atoms with van der Waals surface area (Å²) in [6.45, 7) is 0. The van der Waals surface area contributed by atoms with Crippen LogP contribution in [0.5, 0.6) is 11.5 Å². The molecule has 0 amide bonds. The third kappa shape index (κ3) is 16.1. The van der Waals surface area contributed by atoms with Gasteiger partial charge in [-0.05, 0) is 35.4 Å². The molecule has 29 heavy (non-hydrogen) atoms. The van der Waals surface area contributed by atoms with Gasteiger partial charge in [0.15, 0.2) is 0 Å². The van der Waals surface area contributed by atoms with Gasteiger partial charge in [-0.15, -0.1) is 0 Å². The zero-order valence-corrected chi connectivity index (χ0v) is 20.0. The quantitative estimate of drug-likeness (QED) is 0.228. The minimum atomic E-state index is -4.64. The second-order valence-electron chi connectivity index (χ2n) is 4.81. The van der Waals surface area contributed by atoms with Crippen LogP contribution in [0, 0.1) is 0 Å². The van der Waals surface area contributed by atoms with Gasteiger partial charge in [-0.1, -0.05) is 24.3 Å². The van der Waals surface area contributed by atoms with E-state index in [1.807, 2.05) is 0 Å². The maximum atomic E-state index is 10.0. The number of aromatic hydroxyl groups is 2. The molecule has 0 aliphatic rings. The van der Waals surface area contributed by atoms with Crippen LogP contribution in [0.1, 0.15) is 11.1 Å². The molecule has 0 saturated carbocycles. The van der Waals surface area contributed by atoms with E-state index in [-0.39, 0.29) is 60.7 Å². The van der Waals surface area contributed by atoms with Crippen molar-refractivity contribution in [3.63, 3.8) is 0 Å². The van der Waals surface area contributed by atoms with Gasteiger partial charge in [-0.2, -0.15) is 0 Å². The van der Waals surface area contributed by atoms with Crippen molar-refractivity contribution in [3.8, 4) is 11.5 Å². The summed E-state index contributed by atoms with van der Waals surface area (Å²) < 4.78 is 68.1. The average molecular weight is 511 g/mol. The van der Waals surface area contributed by atoms with Crippen LogP contribution in [0.3, 0.4) is 0 Å². The Hall–Kier alpha value is -0.260. The van der Waals surface area contributed by atoms with Crippen LogP contribution in [0.2, 0.25) is 0 Å². The van der Waals surface area contributed by atoms with Crippen LogP contribution in [0.4, 0.5) is 0 Å². The molecule has 0 atom stereocenters. The molecule has 0 saturated heterocycles. The molecule has 0 fully saturated rings. The number of benzene rings is 2. The van der Waals surface area contributed by atoms with E-state index in [1.54, 1.807) is 24.3 Å². The van der Waals surface area contributed by atoms with E-state index < -0.39 is 20.8 Å². The number of phenolic OH excluding ortho intramolecular Hbond substituents is 2. The fraction of sp³-hybridized carbons (Fsp3) is 0.143. The molecular weight excluding hydrogens is 496 g/mol. The fourth-order valence-corrected chi connectivity index (χ4v) is 3.47. The van der Waals surface area contributed by atoms with Gasteiger partial charge in [0.2, 0.25) is 20.8 Å². The average Bonchev–Trinajstić information content (AvgIpc) is 2.57. The summed E-state index contributed by atoms with van der Waals surface area (Å²) >= 11 is 1.07. The standard InChI is InChI=1S/2C7H8O5S2.Ca/c2*8-7-3-1-6(2-4-7)5-13-12-14(9,10)11;/h2*1-4,8H,5H2,(H,9,10,11);/q;;+2/p-2. The first kappa shape index (κ1) is 28.7. The summed E-state index contributed by atoms with van der Waals surface area (Å²) in [4.78, 5) is 0. The number of phenols is 2. The van der Waals surface area contributed by atoms with Crippen LogP contribution >= 0.6 is 24.1 Å². The predicted octanol–water partition coefficient (Wildman–Crippen LogP) is 1.65. The summed E-state index contributed by atoms with van der Waals surface area (Å²) in [6.07, 6.45) is 0. The molecule has 0 aromatic heterocycles. The Morgan fingerprint density at radius 1 is 0.690 bits per heavy atom. The minimum Gasteiger partial charge on any atom is -0.725 e. The van der Waals surface area contributed by atoms with E-state index in [4.69, 9.17) is 10.2 Å². The van der Waals surface area contributed by atoms with Crippen molar-refractivity contribution in [3.05, 3.63) is 59.7 Å². The first-order valence-electron chi connectivity index (χ1n) is 7.04. The molecule has 0 aliphatic carbocycles. The van der Waals surface area contributed by atoms with Crippen molar-refractivity contribution >= 4 is 82.6 Å². The molecule has 156 valence electrons. The van der Waals surface area contributed by atoms with E-state index in [9.17, 15) is 25.9 Å². The van der Waals surface area contributed by atoms with Crippen molar-refractivity contribution in [2.75, 3.05) is 0 Å². The Morgan fingerprint density at radius 3 is 1.21 bits per heavy atom. The third-order valence-corrected chi connectivity index (χ3v) is 5.59. The van der Waals surface area contributed by atoms with E-state index in [2.05, 4.69) is 7.26 Å². The van der Waals surface area contributed by atoms with Gasteiger partial charge < -0.3 is 19.3 Å². The summed E-state index contributed by atoms with van der Waals surface area (Å²) in [5.74, 6) is 0.691. The van der Waals surface area contributed by atoms with Gasteiger partial charge in [-0.3, -0.25) is 0 Å². The number of hydrogen-bond donors (Lipinski definition) is 2. The van der Waals surface area contributed by atoms with Gasteiger partial charge in [-0.25, -0.2) is 24.1 Å². The monoisotopic (exact) mass is 510 g/mol. The molecule has 15 heteroatoms. The predicted molar refractivity (Wildman–Crippen MR) is 106 cm³/mol. The summed E-state index contributed by atoms with van der Waals surface area (Å²) in [7, 11) is -9.28. The first-order chi connectivity index (χ1) is 12.9. The summed E-state index contributed by atoms with van der Waals surface area (Å²) in [5, 5.41) is 17.9. The maximum absolute atomic E-state index is 10.0. The maximum Gasteiger partial charge on any atom is 2.00 e. The molecule has 0 aliphatic heterocycles. The number of hydrogen-bond acceptors (Lipinski definition) is 12. The van der Waals surface area contributed by atoms with Crippen molar-refractivity contribution in [2.24, 2.45) is 0 Å². The molecule has 0 bridgehead atoms. The van der Waals surface area contributed by atoms with E-state index in [0.29, 0.717) is 24.1 Å². The molecule has 2 N–H and O–H groups in total. The van der Waals surface area contributed by atoms with Crippen LogP contribution in [0.15, 0.2) is 48.5 Å². The van der Waals surface area contributed by atoms with Gasteiger partial charge in [0.1, 0.15) is 11.5 Å². The second-order valence-corrected chi connectivity index (χ2v) is 8.58. The smallest absolute Gasteiger partial charge is 0.725 e.